The van der Waals surface area contributed by atoms with Crippen LogP contribution in [0.25, 0.3) is 0 Å². The minimum Gasteiger partial charge on any atom is -0.286 e. The quantitative estimate of drug-likeness (QED) is 0.731. The molecule has 0 atom stereocenters. The predicted molar refractivity (Wildman–Crippen MR) is 62.3 cm³/mol. The first-order valence-electron chi connectivity index (χ1n) is 5.48. The van der Waals surface area contributed by atoms with E-state index in [-0.39, 0.29) is 0 Å². The first-order valence-corrected chi connectivity index (χ1v) is 5.48. The van der Waals surface area contributed by atoms with E-state index < -0.39 is 5.82 Å². The van der Waals surface area contributed by atoms with E-state index in [0.717, 1.165) is 18.5 Å². The summed E-state index contributed by atoms with van der Waals surface area (Å²) in [7, 11) is 0. The number of halogens is 1. The first kappa shape index (κ1) is 13.2. The van der Waals surface area contributed by atoms with Crippen LogP contribution in [0.15, 0.2) is 18.2 Å². The largest absolute Gasteiger partial charge is 0.286 e. The van der Waals surface area contributed by atoms with E-state index in [9.17, 15) is 4.39 Å². The van der Waals surface area contributed by atoms with E-state index >= 15 is 0 Å². The fourth-order valence-corrected chi connectivity index (χ4v) is 1.69. The molecule has 1 aromatic carbocycles. The molecule has 0 aliphatic carbocycles. The van der Waals surface area contributed by atoms with Crippen molar-refractivity contribution < 1.29 is 4.39 Å². The average molecular weight is 231 g/mol. The van der Waals surface area contributed by atoms with Gasteiger partial charge in [0.25, 0.3) is 0 Å². The number of nitrogens with zero attached hydrogens (tertiary/aromatic N) is 3. The molecule has 1 rings (SSSR count). The van der Waals surface area contributed by atoms with Crippen molar-refractivity contribution in [3.8, 4) is 12.1 Å². The summed E-state index contributed by atoms with van der Waals surface area (Å²) in [5, 5.41) is 17.4. The number of nitriles is 2. The maximum Gasteiger partial charge on any atom is 0.124 e. The minimum absolute atomic E-state index is 0.312. The van der Waals surface area contributed by atoms with Gasteiger partial charge in [-0.3, -0.25) is 4.90 Å². The van der Waals surface area contributed by atoms with Crippen molar-refractivity contribution in [3.05, 3.63) is 35.1 Å². The van der Waals surface area contributed by atoms with Crippen molar-refractivity contribution in [2.45, 2.75) is 19.9 Å². The monoisotopic (exact) mass is 231 g/mol. The highest BCUT2D eigenvalue weighted by Gasteiger charge is 2.06. The molecule has 0 saturated heterocycles. The van der Waals surface area contributed by atoms with Gasteiger partial charge in [0.1, 0.15) is 5.82 Å². The van der Waals surface area contributed by atoms with Gasteiger partial charge in [0.2, 0.25) is 0 Å². The molecule has 0 aliphatic heterocycles. The lowest BCUT2D eigenvalue weighted by molar-refractivity contribution is 0.298. The predicted octanol–water partition coefficient (Wildman–Crippen LogP) is 2.43. The summed E-state index contributed by atoms with van der Waals surface area (Å²) in [6.07, 6.45) is 0.933. The van der Waals surface area contributed by atoms with E-state index in [4.69, 9.17) is 10.5 Å². The van der Waals surface area contributed by atoms with Crippen LogP contribution in [0.2, 0.25) is 0 Å². The first-order chi connectivity index (χ1) is 8.19. The van der Waals surface area contributed by atoms with Crippen LogP contribution in [-0.2, 0) is 6.54 Å². The van der Waals surface area contributed by atoms with E-state index in [1.165, 1.54) is 12.1 Å². The second kappa shape index (κ2) is 6.62. The summed E-state index contributed by atoms with van der Waals surface area (Å²) in [6, 6.07) is 8.27. The molecule has 0 saturated carbocycles. The van der Waals surface area contributed by atoms with Crippen LogP contribution >= 0.6 is 0 Å². The SMILES string of the molecule is CCCN(CC#N)Cc1cc(F)cc(C#N)c1. The molecule has 0 heterocycles. The van der Waals surface area contributed by atoms with E-state index in [1.807, 2.05) is 17.9 Å². The molecule has 0 fully saturated rings. The van der Waals surface area contributed by atoms with Crippen LogP contribution in [0, 0.1) is 28.5 Å². The maximum absolute atomic E-state index is 13.2. The van der Waals surface area contributed by atoms with Crippen LogP contribution in [0.3, 0.4) is 0 Å². The Morgan fingerprint density at radius 1 is 1.29 bits per heavy atom. The molecule has 0 spiro atoms. The summed E-state index contributed by atoms with van der Waals surface area (Å²) >= 11 is 0. The summed E-state index contributed by atoms with van der Waals surface area (Å²) < 4.78 is 13.2. The van der Waals surface area contributed by atoms with Gasteiger partial charge in [0, 0.05) is 6.54 Å². The second-order valence-corrected chi connectivity index (χ2v) is 3.83. The lowest BCUT2D eigenvalue weighted by Gasteiger charge is -2.18. The van der Waals surface area contributed by atoms with Crippen molar-refractivity contribution in [2.75, 3.05) is 13.1 Å². The zero-order valence-corrected chi connectivity index (χ0v) is 9.78. The number of hydrogen-bond acceptors (Lipinski definition) is 3. The van der Waals surface area contributed by atoms with Crippen LogP contribution < -0.4 is 0 Å². The molecule has 17 heavy (non-hydrogen) atoms. The normalized spacial score (nSPS) is 9.94. The molecule has 1 aromatic rings. The maximum atomic E-state index is 13.2. The lowest BCUT2D eigenvalue weighted by Crippen LogP contribution is -2.24. The van der Waals surface area contributed by atoms with Crippen LogP contribution in [0.1, 0.15) is 24.5 Å². The Morgan fingerprint density at radius 3 is 2.65 bits per heavy atom. The third-order valence-corrected chi connectivity index (χ3v) is 2.33. The fraction of sp³-hybridized carbons (Fsp3) is 0.385. The van der Waals surface area contributed by atoms with E-state index in [0.29, 0.717) is 18.7 Å². The average Bonchev–Trinajstić information content (AvgIpc) is 2.29. The Kier molecular flexibility index (Phi) is 5.13. The molecule has 4 heteroatoms. The highest BCUT2D eigenvalue weighted by molar-refractivity contribution is 5.33. The van der Waals surface area contributed by atoms with Gasteiger partial charge < -0.3 is 0 Å². The molecule has 0 aromatic heterocycles. The van der Waals surface area contributed by atoms with E-state index in [1.54, 1.807) is 6.07 Å². The number of rotatable bonds is 5. The summed E-state index contributed by atoms with van der Waals surface area (Å²) in [4.78, 5) is 1.93. The second-order valence-electron chi connectivity index (χ2n) is 3.83. The molecule has 0 amide bonds. The van der Waals surface area contributed by atoms with Gasteiger partial charge in [0.15, 0.2) is 0 Å². The summed E-state index contributed by atoms with van der Waals surface area (Å²) in [6.45, 7) is 3.61. The molecule has 0 unspecified atom stereocenters. The molecular weight excluding hydrogens is 217 g/mol. The smallest absolute Gasteiger partial charge is 0.124 e. The van der Waals surface area contributed by atoms with Gasteiger partial charge in [-0.15, -0.1) is 0 Å². The third kappa shape index (κ3) is 4.22. The molecule has 0 radical (unpaired) electrons. The standard InChI is InChI=1S/C13H14FN3/c1-2-4-17(5-3-15)10-12-6-11(9-16)7-13(14)8-12/h6-8H,2,4-5,10H2,1H3. The zero-order valence-electron chi connectivity index (χ0n) is 9.78. The molecule has 88 valence electrons. The van der Waals surface area contributed by atoms with Crippen LogP contribution in [-0.4, -0.2) is 18.0 Å². The number of hydrogen-bond donors (Lipinski definition) is 0. The molecular formula is C13H14FN3. The van der Waals surface area contributed by atoms with Crippen LogP contribution in [0.4, 0.5) is 4.39 Å². The topological polar surface area (TPSA) is 50.8 Å². The van der Waals surface area contributed by atoms with Crippen molar-refractivity contribution >= 4 is 0 Å². The third-order valence-electron chi connectivity index (χ3n) is 2.33. The molecule has 0 N–H and O–H groups in total. The van der Waals surface area contributed by atoms with Gasteiger partial charge in [0.05, 0.1) is 24.2 Å². The van der Waals surface area contributed by atoms with E-state index in [2.05, 4.69) is 6.07 Å². The van der Waals surface area contributed by atoms with Gasteiger partial charge in [-0.05, 0) is 36.7 Å². The highest BCUT2D eigenvalue weighted by Crippen LogP contribution is 2.11. The van der Waals surface area contributed by atoms with Crippen LogP contribution in [0.5, 0.6) is 0 Å². The zero-order chi connectivity index (χ0) is 12.7. The van der Waals surface area contributed by atoms with Crippen molar-refractivity contribution in [1.29, 1.82) is 10.5 Å². The minimum atomic E-state index is -0.410. The van der Waals surface area contributed by atoms with Gasteiger partial charge in [-0.2, -0.15) is 10.5 Å². The Hall–Kier alpha value is -1.91. The Bertz CT molecular complexity index is 457. The Morgan fingerprint density at radius 2 is 2.06 bits per heavy atom. The summed E-state index contributed by atoms with van der Waals surface area (Å²) in [5.74, 6) is -0.410. The van der Waals surface area contributed by atoms with Crippen molar-refractivity contribution in [2.24, 2.45) is 0 Å². The number of benzene rings is 1. The summed E-state index contributed by atoms with van der Waals surface area (Å²) in [5.41, 5.74) is 1.04. The fourth-order valence-electron chi connectivity index (χ4n) is 1.69. The molecule has 3 nitrogen and oxygen atoms in total. The van der Waals surface area contributed by atoms with Gasteiger partial charge in [-0.1, -0.05) is 6.92 Å². The highest BCUT2D eigenvalue weighted by atomic mass is 19.1. The van der Waals surface area contributed by atoms with Crippen molar-refractivity contribution in [1.82, 2.24) is 4.90 Å². The Labute approximate surface area is 101 Å². The lowest BCUT2D eigenvalue weighted by atomic mass is 10.1. The van der Waals surface area contributed by atoms with Crippen molar-refractivity contribution in [3.63, 3.8) is 0 Å². The van der Waals surface area contributed by atoms with Gasteiger partial charge >= 0.3 is 0 Å². The Balaban J connectivity index is 2.82. The molecule has 0 aliphatic rings. The molecule has 0 bridgehead atoms. The van der Waals surface area contributed by atoms with Gasteiger partial charge in [-0.25, -0.2) is 4.39 Å².